The van der Waals surface area contributed by atoms with Crippen molar-refractivity contribution in [1.29, 1.82) is 0 Å². The van der Waals surface area contributed by atoms with E-state index in [0.29, 0.717) is 4.77 Å². The van der Waals surface area contributed by atoms with Crippen molar-refractivity contribution >= 4 is 39.1 Å². The summed E-state index contributed by atoms with van der Waals surface area (Å²) in [4.78, 5) is 4.39. The molecule has 0 atom stereocenters. The summed E-state index contributed by atoms with van der Waals surface area (Å²) < 4.78 is 2.94. The Bertz CT molecular complexity index is 748. The number of nitrogens with one attached hydrogen (secondary N) is 1. The van der Waals surface area contributed by atoms with Gasteiger partial charge in [0.25, 0.3) is 0 Å². The minimum Gasteiger partial charge on any atom is -0.253 e. The molecule has 2 heterocycles. The average Bonchev–Trinajstić information content (AvgIpc) is 2.74. The molecule has 0 aliphatic carbocycles. The molecule has 0 aliphatic heterocycles. The van der Waals surface area contributed by atoms with Gasteiger partial charge in [-0.05, 0) is 40.3 Å². The first-order chi connectivity index (χ1) is 8.25. The van der Waals surface area contributed by atoms with Crippen LogP contribution in [0.3, 0.4) is 0 Å². The third-order valence-corrected chi connectivity index (χ3v) is 3.07. The summed E-state index contributed by atoms with van der Waals surface area (Å²) in [6.45, 7) is 0. The quantitative estimate of drug-likeness (QED) is 0.702. The fourth-order valence-corrected chi connectivity index (χ4v) is 2.18. The number of pyridine rings is 1. The molecule has 0 radical (unpaired) electrons. The minimum absolute atomic E-state index is 0.377. The minimum atomic E-state index is 0.377. The number of nitrogens with zero attached hydrogens (tertiary/aromatic N) is 4. The van der Waals surface area contributed by atoms with Crippen LogP contribution >= 0.6 is 28.1 Å². The molecule has 5 nitrogen and oxygen atoms in total. The molecule has 0 saturated heterocycles. The van der Waals surface area contributed by atoms with E-state index in [9.17, 15) is 0 Å². The highest BCUT2D eigenvalue weighted by Gasteiger charge is 2.06. The fourth-order valence-electron chi connectivity index (χ4n) is 1.65. The van der Waals surface area contributed by atoms with E-state index in [1.165, 1.54) is 0 Å². The van der Waals surface area contributed by atoms with Crippen molar-refractivity contribution in [3.05, 3.63) is 39.7 Å². The number of H-pyrrole nitrogens is 1. The average molecular weight is 308 g/mol. The number of aromatic amines is 1. The largest absolute Gasteiger partial charge is 0.253 e. The molecule has 84 valence electrons. The lowest BCUT2D eigenvalue weighted by atomic mass is 10.2. The fraction of sp³-hybridized carbons (Fsp3) is 0. The Morgan fingerprint density at radius 2 is 2.24 bits per heavy atom. The summed E-state index contributed by atoms with van der Waals surface area (Å²) >= 11 is 8.47. The number of fused-ring (bicyclic) bond motifs is 1. The predicted octanol–water partition coefficient (Wildman–Crippen LogP) is 2.64. The van der Waals surface area contributed by atoms with Gasteiger partial charge < -0.3 is 0 Å². The van der Waals surface area contributed by atoms with Crippen molar-refractivity contribution in [2.45, 2.75) is 0 Å². The van der Waals surface area contributed by atoms with Gasteiger partial charge in [-0.2, -0.15) is 5.21 Å². The molecular formula is C10H6BrN5S. The van der Waals surface area contributed by atoms with Gasteiger partial charge in [-0.3, -0.25) is 4.98 Å². The smallest absolute Gasteiger partial charge is 0.242 e. The lowest BCUT2D eigenvalue weighted by Crippen LogP contribution is -1.99. The predicted molar refractivity (Wildman–Crippen MR) is 69.5 cm³/mol. The molecule has 0 spiro atoms. The number of hydrogen-bond acceptors (Lipinski definition) is 4. The van der Waals surface area contributed by atoms with Crippen LogP contribution in [0.25, 0.3) is 16.6 Å². The zero-order valence-electron chi connectivity index (χ0n) is 8.46. The summed E-state index contributed by atoms with van der Waals surface area (Å²) in [6.07, 6.45) is 1.75. The first-order valence-corrected chi connectivity index (χ1v) is 6.00. The van der Waals surface area contributed by atoms with Crippen LogP contribution in [0.2, 0.25) is 0 Å². The van der Waals surface area contributed by atoms with Crippen LogP contribution in [0.15, 0.2) is 34.9 Å². The molecule has 0 bridgehead atoms. The van der Waals surface area contributed by atoms with Gasteiger partial charge in [0.2, 0.25) is 4.77 Å². The van der Waals surface area contributed by atoms with Crippen molar-refractivity contribution in [1.82, 2.24) is 25.2 Å². The zero-order valence-corrected chi connectivity index (χ0v) is 10.9. The van der Waals surface area contributed by atoms with Crippen LogP contribution in [0, 0.1) is 4.77 Å². The molecule has 0 unspecified atom stereocenters. The molecule has 0 amide bonds. The highest BCUT2D eigenvalue weighted by Crippen LogP contribution is 2.22. The Balaban J connectivity index is 2.38. The van der Waals surface area contributed by atoms with E-state index in [-0.39, 0.29) is 0 Å². The number of para-hydroxylation sites is 1. The van der Waals surface area contributed by atoms with Crippen molar-refractivity contribution in [3.63, 3.8) is 0 Å². The first-order valence-electron chi connectivity index (χ1n) is 4.80. The van der Waals surface area contributed by atoms with Crippen molar-refractivity contribution < 1.29 is 0 Å². The Labute approximate surface area is 110 Å². The monoisotopic (exact) mass is 307 g/mol. The maximum atomic E-state index is 5.08. The van der Waals surface area contributed by atoms with E-state index < -0.39 is 0 Å². The molecule has 0 fully saturated rings. The summed E-state index contributed by atoms with van der Waals surface area (Å²) in [6, 6.07) is 7.84. The topological polar surface area (TPSA) is 59.4 Å². The summed E-state index contributed by atoms with van der Waals surface area (Å²) in [7, 11) is 0. The van der Waals surface area contributed by atoms with Crippen molar-refractivity contribution in [2.24, 2.45) is 0 Å². The SMILES string of the molecule is S=c1nn[nH]n1-c1cccc2cc(Br)cnc12. The van der Waals surface area contributed by atoms with Gasteiger partial charge in [0.1, 0.15) is 0 Å². The standard InChI is InChI=1S/C10H6BrN5S/c11-7-4-6-2-1-3-8(9(6)12-5-7)16-10(17)13-14-15-16/h1-5H,(H,13,15,17). The van der Waals surface area contributed by atoms with Crippen LogP contribution in [-0.4, -0.2) is 25.2 Å². The molecule has 2 aromatic heterocycles. The van der Waals surface area contributed by atoms with E-state index in [1.807, 2.05) is 24.3 Å². The normalized spacial score (nSPS) is 10.9. The summed E-state index contributed by atoms with van der Waals surface area (Å²) in [5.74, 6) is 0. The van der Waals surface area contributed by atoms with Crippen LogP contribution < -0.4 is 0 Å². The summed E-state index contributed by atoms with van der Waals surface area (Å²) in [5.41, 5.74) is 1.68. The van der Waals surface area contributed by atoms with Crippen molar-refractivity contribution in [2.75, 3.05) is 0 Å². The van der Waals surface area contributed by atoms with Crippen LogP contribution in [0.5, 0.6) is 0 Å². The maximum absolute atomic E-state index is 5.08. The van der Waals surface area contributed by atoms with Gasteiger partial charge in [0.15, 0.2) is 0 Å². The van der Waals surface area contributed by atoms with E-state index >= 15 is 0 Å². The second-order valence-electron chi connectivity index (χ2n) is 3.42. The molecular weight excluding hydrogens is 302 g/mol. The van der Waals surface area contributed by atoms with Gasteiger partial charge in [-0.1, -0.05) is 22.4 Å². The van der Waals surface area contributed by atoms with Gasteiger partial charge in [-0.15, -0.1) is 0 Å². The third-order valence-electron chi connectivity index (χ3n) is 2.37. The number of tetrazole rings is 1. The molecule has 1 N–H and O–H groups in total. The Morgan fingerprint density at radius 3 is 3.00 bits per heavy atom. The maximum Gasteiger partial charge on any atom is 0.242 e. The second-order valence-corrected chi connectivity index (χ2v) is 4.70. The lowest BCUT2D eigenvalue weighted by molar-refractivity contribution is 0.789. The van der Waals surface area contributed by atoms with E-state index in [4.69, 9.17) is 12.2 Å². The molecule has 0 saturated carbocycles. The highest BCUT2D eigenvalue weighted by molar-refractivity contribution is 9.10. The van der Waals surface area contributed by atoms with Crippen LogP contribution in [0.1, 0.15) is 0 Å². The number of benzene rings is 1. The number of halogens is 1. The Kier molecular flexibility index (Phi) is 2.49. The van der Waals surface area contributed by atoms with Gasteiger partial charge in [0.05, 0.1) is 11.2 Å². The molecule has 0 aliphatic rings. The lowest BCUT2D eigenvalue weighted by Gasteiger charge is -2.05. The van der Waals surface area contributed by atoms with Crippen LogP contribution in [-0.2, 0) is 0 Å². The van der Waals surface area contributed by atoms with Crippen molar-refractivity contribution in [3.8, 4) is 5.69 Å². The second kappa shape index (κ2) is 4.01. The Hall–Kier alpha value is -1.60. The van der Waals surface area contributed by atoms with E-state index in [1.54, 1.807) is 10.9 Å². The number of hydrogen-bond donors (Lipinski definition) is 1. The van der Waals surface area contributed by atoms with Gasteiger partial charge >= 0.3 is 0 Å². The third kappa shape index (κ3) is 1.77. The molecule has 17 heavy (non-hydrogen) atoms. The first kappa shape index (κ1) is 10.5. The molecule has 3 aromatic rings. The number of aromatic nitrogens is 5. The van der Waals surface area contributed by atoms with E-state index in [2.05, 4.69) is 36.4 Å². The highest BCUT2D eigenvalue weighted by atomic mass is 79.9. The van der Waals surface area contributed by atoms with Gasteiger partial charge in [-0.25, -0.2) is 4.68 Å². The van der Waals surface area contributed by atoms with E-state index in [0.717, 1.165) is 21.1 Å². The molecule has 3 rings (SSSR count). The van der Waals surface area contributed by atoms with Gasteiger partial charge in [0, 0.05) is 16.1 Å². The molecule has 7 heteroatoms. The number of rotatable bonds is 1. The zero-order chi connectivity index (χ0) is 11.8. The Morgan fingerprint density at radius 1 is 1.35 bits per heavy atom. The summed E-state index contributed by atoms with van der Waals surface area (Å²) in [5, 5.41) is 11.2. The molecule has 1 aromatic carbocycles. The van der Waals surface area contributed by atoms with Crippen LogP contribution in [0.4, 0.5) is 0 Å².